The van der Waals surface area contributed by atoms with Crippen molar-refractivity contribution in [3.05, 3.63) is 34.6 Å². The standard InChI is InChI=1S/C10H9F3O/c1-5-2-3-7(11)6-4-10(12,13)9(14)8(5)6/h2-3,9,14H,4H2,1H3/t9-/m0/s1. The summed E-state index contributed by atoms with van der Waals surface area (Å²) in [7, 11) is 0. The van der Waals surface area contributed by atoms with E-state index in [2.05, 4.69) is 0 Å². The first-order valence-corrected chi connectivity index (χ1v) is 4.27. The summed E-state index contributed by atoms with van der Waals surface area (Å²) in [5.74, 6) is -3.91. The Labute approximate surface area is 79.2 Å². The summed E-state index contributed by atoms with van der Waals surface area (Å²) in [6.45, 7) is 1.59. The van der Waals surface area contributed by atoms with Crippen LogP contribution in [0.25, 0.3) is 0 Å². The molecule has 2 rings (SSSR count). The summed E-state index contributed by atoms with van der Waals surface area (Å²) in [4.78, 5) is 0. The van der Waals surface area contributed by atoms with Crippen molar-refractivity contribution in [2.45, 2.75) is 25.4 Å². The van der Waals surface area contributed by atoms with Crippen LogP contribution in [0.3, 0.4) is 0 Å². The van der Waals surface area contributed by atoms with Gasteiger partial charge in [-0.05, 0) is 24.1 Å². The summed E-state index contributed by atoms with van der Waals surface area (Å²) in [5, 5.41) is 9.30. The Bertz CT molecular complexity index is 387. The van der Waals surface area contributed by atoms with Gasteiger partial charge in [-0.15, -0.1) is 0 Å². The summed E-state index contributed by atoms with van der Waals surface area (Å²) < 4.78 is 39.3. The molecule has 0 radical (unpaired) electrons. The molecule has 0 aliphatic heterocycles. The lowest BCUT2D eigenvalue weighted by Crippen LogP contribution is -2.21. The zero-order valence-corrected chi connectivity index (χ0v) is 7.52. The van der Waals surface area contributed by atoms with Gasteiger partial charge in [0, 0.05) is 12.0 Å². The van der Waals surface area contributed by atoms with Gasteiger partial charge in [0.25, 0.3) is 5.92 Å². The van der Waals surface area contributed by atoms with Crippen molar-refractivity contribution in [1.82, 2.24) is 0 Å². The molecule has 0 aromatic heterocycles. The molecule has 14 heavy (non-hydrogen) atoms. The van der Waals surface area contributed by atoms with E-state index in [-0.39, 0.29) is 11.1 Å². The van der Waals surface area contributed by atoms with E-state index < -0.39 is 24.3 Å². The van der Waals surface area contributed by atoms with Gasteiger partial charge in [0.1, 0.15) is 11.9 Å². The number of aryl methyl sites for hydroxylation is 1. The average Bonchev–Trinajstić information content (AvgIpc) is 2.33. The fraction of sp³-hybridized carbons (Fsp3) is 0.400. The van der Waals surface area contributed by atoms with Crippen molar-refractivity contribution in [3.63, 3.8) is 0 Å². The van der Waals surface area contributed by atoms with Crippen molar-refractivity contribution in [1.29, 1.82) is 0 Å². The number of hydrogen-bond donors (Lipinski definition) is 1. The van der Waals surface area contributed by atoms with E-state index in [4.69, 9.17) is 0 Å². The molecule has 0 amide bonds. The van der Waals surface area contributed by atoms with E-state index in [1.807, 2.05) is 0 Å². The van der Waals surface area contributed by atoms with E-state index in [0.29, 0.717) is 5.56 Å². The monoisotopic (exact) mass is 202 g/mol. The highest BCUT2D eigenvalue weighted by Crippen LogP contribution is 2.45. The van der Waals surface area contributed by atoms with Gasteiger partial charge in [-0.3, -0.25) is 0 Å². The zero-order valence-electron chi connectivity index (χ0n) is 7.52. The lowest BCUT2D eigenvalue weighted by atomic mass is 10.0. The highest BCUT2D eigenvalue weighted by Gasteiger charge is 2.48. The lowest BCUT2D eigenvalue weighted by Gasteiger charge is -2.14. The number of rotatable bonds is 0. The number of halogens is 3. The van der Waals surface area contributed by atoms with E-state index in [0.717, 1.165) is 6.07 Å². The third-order valence-electron chi connectivity index (χ3n) is 2.60. The molecule has 1 aromatic carbocycles. The summed E-state index contributed by atoms with van der Waals surface area (Å²) in [5.41, 5.74) is 0.503. The molecule has 0 fully saturated rings. The minimum Gasteiger partial charge on any atom is -0.382 e. The molecule has 1 aromatic rings. The van der Waals surface area contributed by atoms with Crippen LogP contribution in [0.4, 0.5) is 13.2 Å². The van der Waals surface area contributed by atoms with Crippen LogP contribution in [0.15, 0.2) is 12.1 Å². The van der Waals surface area contributed by atoms with Gasteiger partial charge in [0.05, 0.1) is 0 Å². The molecule has 0 bridgehead atoms. The number of aliphatic hydroxyl groups is 1. The molecular weight excluding hydrogens is 193 g/mol. The Morgan fingerprint density at radius 2 is 2.07 bits per heavy atom. The minimum atomic E-state index is -3.24. The van der Waals surface area contributed by atoms with Crippen molar-refractivity contribution < 1.29 is 18.3 Å². The average molecular weight is 202 g/mol. The van der Waals surface area contributed by atoms with E-state index in [9.17, 15) is 18.3 Å². The maximum Gasteiger partial charge on any atom is 0.281 e. The van der Waals surface area contributed by atoms with Crippen LogP contribution < -0.4 is 0 Å². The van der Waals surface area contributed by atoms with Gasteiger partial charge in [-0.25, -0.2) is 13.2 Å². The second-order valence-electron chi connectivity index (χ2n) is 3.60. The normalized spacial score (nSPS) is 23.6. The number of aliphatic hydroxyl groups excluding tert-OH is 1. The Kier molecular flexibility index (Phi) is 1.86. The van der Waals surface area contributed by atoms with E-state index >= 15 is 0 Å². The Balaban J connectivity index is 2.64. The maximum atomic E-state index is 13.1. The molecule has 0 unspecified atom stereocenters. The minimum absolute atomic E-state index is 0.0509. The predicted molar refractivity (Wildman–Crippen MR) is 44.7 cm³/mol. The number of fused-ring (bicyclic) bond motifs is 1. The summed E-state index contributed by atoms with van der Waals surface area (Å²) in [6, 6.07) is 2.56. The number of alkyl halides is 2. The largest absolute Gasteiger partial charge is 0.382 e. The first-order chi connectivity index (χ1) is 6.43. The molecule has 1 nitrogen and oxygen atoms in total. The molecule has 0 heterocycles. The fourth-order valence-corrected chi connectivity index (χ4v) is 1.86. The summed E-state index contributed by atoms with van der Waals surface area (Å²) in [6.07, 6.45) is -2.58. The number of benzene rings is 1. The molecule has 0 saturated carbocycles. The van der Waals surface area contributed by atoms with Gasteiger partial charge in [-0.2, -0.15) is 0 Å². The van der Waals surface area contributed by atoms with Gasteiger partial charge in [-0.1, -0.05) is 6.07 Å². The first kappa shape index (κ1) is 9.52. The molecule has 4 heteroatoms. The highest BCUT2D eigenvalue weighted by molar-refractivity contribution is 5.43. The van der Waals surface area contributed by atoms with Gasteiger partial charge in [0.15, 0.2) is 0 Å². The third-order valence-corrected chi connectivity index (χ3v) is 2.60. The van der Waals surface area contributed by atoms with E-state index in [1.165, 1.54) is 6.07 Å². The second kappa shape index (κ2) is 2.73. The smallest absolute Gasteiger partial charge is 0.281 e. The van der Waals surface area contributed by atoms with Crippen LogP contribution in [0.2, 0.25) is 0 Å². The summed E-state index contributed by atoms with van der Waals surface area (Å²) >= 11 is 0. The number of hydrogen-bond acceptors (Lipinski definition) is 1. The highest BCUT2D eigenvalue weighted by atomic mass is 19.3. The Morgan fingerprint density at radius 3 is 2.64 bits per heavy atom. The molecule has 76 valence electrons. The van der Waals surface area contributed by atoms with Gasteiger partial charge < -0.3 is 5.11 Å². The first-order valence-electron chi connectivity index (χ1n) is 4.27. The van der Waals surface area contributed by atoms with Crippen molar-refractivity contribution in [2.24, 2.45) is 0 Å². The maximum absolute atomic E-state index is 13.1. The molecule has 0 saturated heterocycles. The third kappa shape index (κ3) is 1.14. The van der Waals surface area contributed by atoms with Gasteiger partial charge >= 0.3 is 0 Å². The second-order valence-corrected chi connectivity index (χ2v) is 3.60. The lowest BCUT2D eigenvalue weighted by molar-refractivity contribution is -0.0970. The quantitative estimate of drug-likeness (QED) is 0.684. The van der Waals surface area contributed by atoms with Crippen LogP contribution >= 0.6 is 0 Å². The topological polar surface area (TPSA) is 20.2 Å². The Hall–Kier alpha value is -1.03. The van der Waals surface area contributed by atoms with Crippen molar-refractivity contribution >= 4 is 0 Å². The SMILES string of the molecule is Cc1ccc(F)c2c1[C@H](O)C(F)(F)C2. The Morgan fingerprint density at radius 1 is 1.43 bits per heavy atom. The molecule has 1 aliphatic rings. The van der Waals surface area contributed by atoms with Crippen LogP contribution in [0, 0.1) is 12.7 Å². The van der Waals surface area contributed by atoms with Crippen LogP contribution in [0.5, 0.6) is 0 Å². The van der Waals surface area contributed by atoms with Crippen LogP contribution in [-0.2, 0) is 6.42 Å². The molecule has 1 aliphatic carbocycles. The van der Waals surface area contributed by atoms with Crippen molar-refractivity contribution in [2.75, 3.05) is 0 Å². The zero-order chi connectivity index (χ0) is 10.5. The fourth-order valence-electron chi connectivity index (χ4n) is 1.86. The van der Waals surface area contributed by atoms with Gasteiger partial charge in [0.2, 0.25) is 0 Å². The molecule has 0 spiro atoms. The van der Waals surface area contributed by atoms with Crippen LogP contribution in [-0.4, -0.2) is 11.0 Å². The molecular formula is C10H9F3O. The van der Waals surface area contributed by atoms with E-state index in [1.54, 1.807) is 6.92 Å². The molecule has 1 N–H and O–H groups in total. The van der Waals surface area contributed by atoms with Crippen molar-refractivity contribution in [3.8, 4) is 0 Å². The molecule has 1 atom stereocenters. The predicted octanol–water partition coefficient (Wildman–Crippen LogP) is 2.36. The van der Waals surface area contributed by atoms with Crippen LogP contribution in [0.1, 0.15) is 22.8 Å².